The highest BCUT2D eigenvalue weighted by Gasteiger charge is 2.29. The lowest BCUT2D eigenvalue weighted by Crippen LogP contribution is -2.20. The standard InChI is InChI=1S/C18H14F3N3O2S/c1-11-15(27-17(23-11)13-7-4-5-9-22-13)16(25)24-12-6-2-3-8-14(12)26-10-18(19,20)21/h2-9H,10H2,1H3,(H,24,25). The highest BCUT2D eigenvalue weighted by molar-refractivity contribution is 7.17. The van der Waals surface area contributed by atoms with Crippen molar-refractivity contribution >= 4 is 22.9 Å². The van der Waals surface area contributed by atoms with E-state index in [1.54, 1.807) is 31.3 Å². The molecular weight excluding hydrogens is 379 g/mol. The number of hydrogen-bond acceptors (Lipinski definition) is 5. The summed E-state index contributed by atoms with van der Waals surface area (Å²) in [5.41, 5.74) is 1.30. The summed E-state index contributed by atoms with van der Waals surface area (Å²) >= 11 is 1.16. The molecule has 2 aromatic heterocycles. The van der Waals surface area contributed by atoms with Crippen LogP contribution in [-0.4, -0.2) is 28.7 Å². The van der Waals surface area contributed by atoms with Crippen LogP contribution in [0.1, 0.15) is 15.4 Å². The summed E-state index contributed by atoms with van der Waals surface area (Å²) in [5, 5.41) is 3.17. The molecule has 9 heteroatoms. The van der Waals surface area contributed by atoms with E-state index >= 15 is 0 Å². The molecule has 0 aliphatic rings. The number of nitrogens with one attached hydrogen (secondary N) is 1. The van der Waals surface area contributed by atoms with Gasteiger partial charge in [-0.05, 0) is 31.2 Å². The van der Waals surface area contributed by atoms with Crippen molar-refractivity contribution in [3.8, 4) is 16.5 Å². The number of pyridine rings is 1. The first-order chi connectivity index (χ1) is 12.8. The van der Waals surface area contributed by atoms with Gasteiger partial charge in [-0.25, -0.2) is 4.98 Å². The fourth-order valence-corrected chi connectivity index (χ4v) is 3.18. The normalized spacial score (nSPS) is 11.3. The molecule has 0 saturated heterocycles. The summed E-state index contributed by atoms with van der Waals surface area (Å²) in [6.07, 6.45) is -2.84. The third-order valence-corrected chi connectivity index (χ3v) is 4.59. The molecule has 2 heterocycles. The number of hydrogen-bond donors (Lipinski definition) is 1. The maximum atomic E-state index is 12.6. The molecule has 0 spiro atoms. The minimum Gasteiger partial charge on any atom is -0.482 e. The molecule has 0 bridgehead atoms. The van der Waals surface area contributed by atoms with Gasteiger partial charge in [-0.3, -0.25) is 9.78 Å². The van der Waals surface area contributed by atoms with Gasteiger partial charge in [0.05, 0.1) is 17.1 Å². The Morgan fingerprint density at radius 3 is 2.63 bits per heavy atom. The molecule has 0 unspecified atom stereocenters. The van der Waals surface area contributed by atoms with E-state index in [1.807, 2.05) is 6.07 Å². The van der Waals surface area contributed by atoms with Gasteiger partial charge < -0.3 is 10.1 Å². The molecule has 1 N–H and O–H groups in total. The molecule has 0 fully saturated rings. The van der Waals surface area contributed by atoms with Crippen LogP contribution < -0.4 is 10.1 Å². The molecule has 1 aromatic carbocycles. The maximum absolute atomic E-state index is 12.6. The molecule has 0 aliphatic carbocycles. The molecule has 140 valence electrons. The van der Waals surface area contributed by atoms with Gasteiger partial charge in [0.25, 0.3) is 5.91 Å². The Hall–Kier alpha value is -2.94. The molecule has 1 amide bonds. The van der Waals surface area contributed by atoms with Crippen molar-refractivity contribution in [2.75, 3.05) is 11.9 Å². The molecule has 0 atom stereocenters. The van der Waals surface area contributed by atoms with Crippen molar-refractivity contribution in [3.05, 3.63) is 59.2 Å². The first kappa shape index (κ1) is 18.8. The van der Waals surface area contributed by atoms with Crippen molar-refractivity contribution < 1.29 is 22.7 Å². The number of aryl methyl sites for hydroxylation is 1. The van der Waals surface area contributed by atoms with Crippen molar-refractivity contribution in [2.24, 2.45) is 0 Å². The Labute approximate surface area is 156 Å². The van der Waals surface area contributed by atoms with E-state index in [0.29, 0.717) is 21.3 Å². The molecule has 27 heavy (non-hydrogen) atoms. The van der Waals surface area contributed by atoms with E-state index < -0.39 is 18.7 Å². The van der Waals surface area contributed by atoms with E-state index in [1.165, 1.54) is 18.2 Å². The van der Waals surface area contributed by atoms with Crippen LogP contribution in [0.4, 0.5) is 18.9 Å². The Bertz CT molecular complexity index is 943. The second kappa shape index (κ2) is 7.75. The fourth-order valence-electron chi connectivity index (χ4n) is 2.24. The van der Waals surface area contributed by atoms with Crippen LogP contribution in [-0.2, 0) is 0 Å². The van der Waals surface area contributed by atoms with Crippen LogP contribution in [0.3, 0.4) is 0 Å². The van der Waals surface area contributed by atoms with E-state index in [0.717, 1.165) is 11.3 Å². The minimum absolute atomic E-state index is 0.0599. The topological polar surface area (TPSA) is 64.1 Å². The number of alkyl halides is 3. The molecule has 0 aliphatic heterocycles. The lowest BCUT2D eigenvalue weighted by molar-refractivity contribution is -0.153. The smallest absolute Gasteiger partial charge is 0.422 e. The second-order valence-electron chi connectivity index (χ2n) is 5.50. The number of rotatable bonds is 5. The number of benzene rings is 1. The lowest BCUT2D eigenvalue weighted by Gasteiger charge is -2.13. The van der Waals surface area contributed by atoms with Gasteiger partial charge in [0.1, 0.15) is 15.6 Å². The zero-order valence-corrected chi connectivity index (χ0v) is 14.9. The molecule has 3 rings (SSSR count). The van der Waals surface area contributed by atoms with Crippen molar-refractivity contribution in [3.63, 3.8) is 0 Å². The predicted molar refractivity (Wildman–Crippen MR) is 96.0 cm³/mol. The first-order valence-electron chi connectivity index (χ1n) is 7.82. The Morgan fingerprint density at radius 1 is 1.19 bits per heavy atom. The van der Waals surface area contributed by atoms with Gasteiger partial charge in [-0.1, -0.05) is 18.2 Å². The average Bonchev–Trinajstić information content (AvgIpc) is 3.03. The van der Waals surface area contributed by atoms with Crippen molar-refractivity contribution in [1.29, 1.82) is 0 Å². The van der Waals surface area contributed by atoms with Gasteiger partial charge in [-0.15, -0.1) is 11.3 Å². The highest BCUT2D eigenvalue weighted by Crippen LogP contribution is 2.30. The van der Waals surface area contributed by atoms with E-state index in [2.05, 4.69) is 15.3 Å². The van der Waals surface area contributed by atoms with Crippen LogP contribution in [0, 0.1) is 6.92 Å². The minimum atomic E-state index is -4.47. The van der Waals surface area contributed by atoms with E-state index in [4.69, 9.17) is 4.74 Å². The summed E-state index contributed by atoms with van der Waals surface area (Å²) in [6, 6.07) is 11.3. The fraction of sp³-hybridized carbons (Fsp3) is 0.167. The van der Waals surface area contributed by atoms with Crippen LogP contribution in [0.25, 0.3) is 10.7 Å². The number of amides is 1. The zero-order chi connectivity index (χ0) is 19.4. The number of halogens is 3. The van der Waals surface area contributed by atoms with Crippen molar-refractivity contribution in [2.45, 2.75) is 13.1 Å². The molecular formula is C18H14F3N3O2S. The third-order valence-electron chi connectivity index (χ3n) is 3.41. The number of ether oxygens (including phenoxy) is 1. The number of thiazole rings is 1. The number of anilines is 1. The summed E-state index contributed by atoms with van der Waals surface area (Å²) in [4.78, 5) is 21.5. The molecule has 0 saturated carbocycles. The number of carbonyl (C=O) groups is 1. The number of carbonyl (C=O) groups excluding carboxylic acids is 1. The van der Waals surface area contributed by atoms with Gasteiger partial charge in [-0.2, -0.15) is 13.2 Å². The average molecular weight is 393 g/mol. The second-order valence-corrected chi connectivity index (χ2v) is 6.50. The third kappa shape index (κ3) is 4.82. The molecule has 3 aromatic rings. The Balaban J connectivity index is 1.80. The van der Waals surface area contributed by atoms with Gasteiger partial charge in [0.15, 0.2) is 6.61 Å². The van der Waals surface area contributed by atoms with Crippen LogP contribution in [0.2, 0.25) is 0 Å². The zero-order valence-electron chi connectivity index (χ0n) is 14.1. The van der Waals surface area contributed by atoms with Gasteiger partial charge in [0.2, 0.25) is 0 Å². The summed E-state index contributed by atoms with van der Waals surface area (Å²) in [7, 11) is 0. The van der Waals surface area contributed by atoms with Crippen LogP contribution >= 0.6 is 11.3 Å². The number of nitrogens with zero attached hydrogens (tertiary/aromatic N) is 2. The van der Waals surface area contributed by atoms with Crippen LogP contribution in [0.5, 0.6) is 5.75 Å². The molecule has 0 radical (unpaired) electrons. The quantitative estimate of drug-likeness (QED) is 0.682. The van der Waals surface area contributed by atoms with E-state index in [-0.39, 0.29) is 11.4 Å². The van der Waals surface area contributed by atoms with E-state index in [9.17, 15) is 18.0 Å². The summed E-state index contributed by atoms with van der Waals surface area (Å²) in [5.74, 6) is -0.537. The Morgan fingerprint density at radius 2 is 1.93 bits per heavy atom. The number of para-hydroxylation sites is 2. The van der Waals surface area contributed by atoms with Crippen molar-refractivity contribution in [1.82, 2.24) is 9.97 Å². The highest BCUT2D eigenvalue weighted by atomic mass is 32.1. The summed E-state index contributed by atoms with van der Waals surface area (Å²) < 4.78 is 42.0. The SMILES string of the molecule is Cc1nc(-c2ccccn2)sc1C(=O)Nc1ccccc1OCC(F)(F)F. The summed E-state index contributed by atoms with van der Waals surface area (Å²) in [6.45, 7) is 0.243. The van der Waals surface area contributed by atoms with Gasteiger partial charge >= 0.3 is 6.18 Å². The first-order valence-corrected chi connectivity index (χ1v) is 8.64. The Kier molecular flexibility index (Phi) is 5.41. The van der Waals surface area contributed by atoms with Crippen LogP contribution in [0.15, 0.2) is 48.7 Å². The monoisotopic (exact) mass is 393 g/mol. The maximum Gasteiger partial charge on any atom is 0.422 e. The lowest BCUT2D eigenvalue weighted by atomic mass is 10.2. The predicted octanol–water partition coefficient (Wildman–Crippen LogP) is 4.71. The van der Waals surface area contributed by atoms with Gasteiger partial charge in [0, 0.05) is 6.20 Å². The molecule has 5 nitrogen and oxygen atoms in total. The number of aromatic nitrogens is 2. The largest absolute Gasteiger partial charge is 0.482 e.